The first-order valence-corrected chi connectivity index (χ1v) is 6.78. The fourth-order valence-electron chi connectivity index (χ4n) is 1.42. The van der Waals surface area contributed by atoms with Gasteiger partial charge in [-0.25, -0.2) is 4.39 Å². The normalized spacial score (nSPS) is 15.8. The average Bonchev–Trinajstić information content (AvgIpc) is 2.07. The monoisotopic (exact) mass is 250 g/mol. The van der Waals surface area contributed by atoms with Crippen molar-refractivity contribution in [3.05, 3.63) is 0 Å². The lowest BCUT2D eigenvalue weighted by Gasteiger charge is -2.26. The van der Waals surface area contributed by atoms with Gasteiger partial charge in [0, 0.05) is 0 Å². The van der Waals surface area contributed by atoms with Gasteiger partial charge in [-0.2, -0.15) is 0 Å². The molecular formula is C12H23FO2S. The summed E-state index contributed by atoms with van der Waals surface area (Å²) in [6.07, 6.45) is 1.55. The van der Waals surface area contributed by atoms with Crippen LogP contribution in [-0.2, 0) is 4.79 Å². The Morgan fingerprint density at radius 3 is 2.31 bits per heavy atom. The van der Waals surface area contributed by atoms with Crippen LogP contribution in [0.1, 0.15) is 47.0 Å². The molecule has 0 rings (SSSR count). The molecule has 0 radical (unpaired) electrons. The number of halogens is 1. The number of rotatable bonds is 7. The van der Waals surface area contributed by atoms with Gasteiger partial charge in [0.15, 0.2) is 0 Å². The van der Waals surface area contributed by atoms with Gasteiger partial charge in [-0.15, -0.1) is 11.8 Å². The van der Waals surface area contributed by atoms with Crippen LogP contribution in [0.25, 0.3) is 0 Å². The van der Waals surface area contributed by atoms with Gasteiger partial charge < -0.3 is 5.11 Å². The first-order valence-electron chi connectivity index (χ1n) is 5.73. The molecule has 16 heavy (non-hydrogen) atoms. The number of carbonyl (C=O) groups is 1. The SMILES string of the molecule is CC(F)CCCCSC(C(=O)O)C(C)(C)C. The summed E-state index contributed by atoms with van der Waals surface area (Å²) in [5, 5.41) is 8.69. The van der Waals surface area contributed by atoms with E-state index in [0.29, 0.717) is 6.42 Å². The average molecular weight is 250 g/mol. The predicted molar refractivity (Wildman–Crippen MR) is 67.8 cm³/mol. The van der Waals surface area contributed by atoms with Gasteiger partial charge in [-0.3, -0.25) is 4.79 Å². The zero-order valence-electron chi connectivity index (χ0n) is 10.6. The highest BCUT2D eigenvalue weighted by atomic mass is 32.2. The predicted octanol–water partition coefficient (Wildman–Crippen LogP) is 3.75. The number of alkyl halides is 1. The summed E-state index contributed by atoms with van der Waals surface area (Å²) in [6, 6.07) is 0. The second-order valence-electron chi connectivity index (χ2n) is 5.23. The molecule has 0 aliphatic carbocycles. The van der Waals surface area contributed by atoms with E-state index in [1.807, 2.05) is 20.8 Å². The largest absolute Gasteiger partial charge is 0.480 e. The number of hydrogen-bond acceptors (Lipinski definition) is 2. The van der Waals surface area contributed by atoms with E-state index in [-0.39, 0.29) is 10.7 Å². The summed E-state index contributed by atoms with van der Waals surface area (Å²) in [4.78, 5) is 11.0. The molecule has 2 unspecified atom stereocenters. The van der Waals surface area contributed by atoms with Crippen LogP contribution in [-0.4, -0.2) is 28.3 Å². The van der Waals surface area contributed by atoms with E-state index in [0.717, 1.165) is 18.6 Å². The Bertz CT molecular complexity index is 212. The van der Waals surface area contributed by atoms with Gasteiger partial charge in [-0.1, -0.05) is 20.8 Å². The minimum Gasteiger partial charge on any atom is -0.480 e. The fourth-order valence-corrected chi connectivity index (χ4v) is 2.67. The number of thioether (sulfide) groups is 1. The minimum atomic E-state index is -0.753. The Kier molecular flexibility index (Phi) is 7.04. The second-order valence-corrected chi connectivity index (χ2v) is 6.44. The van der Waals surface area contributed by atoms with Crippen LogP contribution in [0.5, 0.6) is 0 Å². The molecule has 0 aliphatic rings. The van der Waals surface area contributed by atoms with Gasteiger partial charge in [0.05, 0.1) is 6.17 Å². The van der Waals surface area contributed by atoms with Gasteiger partial charge in [0.25, 0.3) is 0 Å². The van der Waals surface area contributed by atoms with E-state index in [1.165, 1.54) is 11.8 Å². The topological polar surface area (TPSA) is 37.3 Å². The van der Waals surface area contributed by atoms with Crippen LogP contribution >= 0.6 is 11.8 Å². The van der Waals surface area contributed by atoms with Crippen LogP contribution < -0.4 is 0 Å². The molecule has 2 nitrogen and oxygen atoms in total. The van der Waals surface area contributed by atoms with Crippen LogP contribution in [0.15, 0.2) is 0 Å². The smallest absolute Gasteiger partial charge is 0.317 e. The summed E-state index contributed by atoms with van der Waals surface area (Å²) in [6.45, 7) is 7.36. The van der Waals surface area contributed by atoms with Crippen molar-refractivity contribution in [2.24, 2.45) is 5.41 Å². The number of aliphatic carboxylic acids is 1. The molecule has 0 saturated carbocycles. The van der Waals surface area contributed by atoms with E-state index in [1.54, 1.807) is 6.92 Å². The van der Waals surface area contributed by atoms with Gasteiger partial charge in [0.2, 0.25) is 0 Å². The summed E-state index contributed by atoms with van der Waals surface area (Å²) in [7, 11) is 0. The third-order valence-electron chi connectivity index (χ3n) is 2.29. The van der Waals surface area contributed by atoms with E-state index in [4.69, 9.17) is 5.11 Å². The first-order chi connectivity index (χ1) is 7.25. The van der Waals surface area contributed by atoms with Crippen molar-refractivity contribution >= 4 is 17.7 Å². The summed E-state index contributed by atoms with van der Waals surface area (Å²) < 4.78 is 12.5. The Hall–Kier alpha value is -0.250. The maximum atomic E-state index is 12.5. The highest BCUT2D eigenvalue weighted by Crippen LogP contribution is 2.31. The summed E-state index contributed by atoms with van der Waals surface area (Å²) in [5.41, 5.74) is -0.232. The van der Waals surface area contributed by atoms with E-state index >= 15 is 0 Å². The van der Waals surface area contributed by atoms with Gasteiger partial charge >= 0.3 is 5.97 Å². The van der Waals surface area contributed by atoms with E-state index in [9.17, 15) is 9.18 Å². The van der Waals surface area contributed by atoms with Crippen molar-refractivity contribution in [3.8, 4) is 0 Å². The minimum absolute atomic E-state index is 0.232. The van der Waals surface area contributed by atoms with E-state index < -0.39 is 12.1 Å². The highest BCUT2D eigenvalue weighted by Gasteiger charge is 2.31. The lowest BCUT2D eigenvalue weighted by atomic mass is 9.92. The molecule has 1 N–H and O–H groups in total. The van der Waals surface area contributed by atoms with Crippen molar-refractivity contribution in [2.75, 3.05) is 5.75 Å². The quantitative estimate of drug-likeness (QED) is 0.699. The molecular weight excluding hydrogens is 227 g/mol. The van der Waals surface area contributed by atoms with E-state index in [2.05, 4.69) is 0 Å². The Labute approximate surface area is 102 Å². The molecule has 0 spiro atoms. The fraction of sp³-hybridized carbons (Fsp3) is 0.917. The molecule has 0 bridgehead atoms. The molecule has 0 aliphatic heterocycles. The molecule has 2 atom stereocenters. The molecule has 0 amide bonds. The van der Waals surface area contributed by atoms with Crippen molar-refractivity contribution < 1.29 is 14.3 Å². The Morgan fingerprint density at radius 1 is 1.38 bits per heavy atom. The third-order valence-corrected chi connectivity index (χ3v) is 4.06. The lowest BCUT2D eigenvalue weighted by Crippen LogP contribution is -2.31. The van der Waals surface area contributed by atoms with Crippen LogP contribution in [0.2, 0.25) is 0 Å². The summed E-state index contributed by atoms with van der Waals surface area (Å²) >= 11 is 1.47. The summed E-state index contributed by atoms with van der Waals surface area (Å²) in [5.74, 6) is 0.0392. The van der Waals surface area contributed by atoms with Crippen LogP contribution in [0, 0.1) is 5.41 Å². The first kappa shape index (κ1) is 15.8. The number of unbranched alkanes of at least 4 members (excludes halogenated alkanes) is 1. The van der Waals surface area contributed by atoms with Crippen molar-refractivity contribution in [3.63, 3.8) is 0 Å². The number of carboxylic acid groups (broad SMARTS) is 1. The van der Waals surface area contributed by atoms with Crippen molar-refractivity contribution in [1.29, 1.82) is 0 Å². The van der Waals surface area contributed by atoms with Crippen LogP contribution in [0.3, 0.4) is 0 Å². The number of carboxylic acids is 1. The van der Waals surface area contributed by atoms with Crippen molar-refractivity contribution in [2.45, 2.75) is 58.4 Å². The zero-order valence-corrected chi connectivity index (χ0v) is 11.4. The Morgan fingerprint density at radius 2 is 1.94 bits per heavy atom. The third kappa shape index (κ3) is 7.09. The number of hydrogen-bond donors (Lipinski definition) is 1. The molecule has 0 saturated heterocycles. The van der Waals surface area contributed by atoms with Gasteiger partial charge in [-0.05, 0) is 37.4 Å². The maximum Gasteiger partial charge on any atom is 0.317 e. The standard InChI is InChI=1S/C12H23FO2S/c1-9(13)7-5-6-8-16-10(11(14)15)12(2,3)4/h9-10H,5-8H2,1-4H3,(H,14,15). The molecule has 0 fully saturated rings. The highest BCUT2D eigenvalue weighted by molar-refractivity contribution is 8.00. The lowest BCUT2D eigenvalue weighted by molar-refractivity contribution is -0.138. The molecule has 0 aromatic heterocycles. The second kappa shape index (κ2) is 7.15. The molecule has 0 aromatic rings. The zero-order chi connectivity index (χ0) is 12.8. The maximum absolute atomic E-state index is 12.5. The molecule has 96 valence electrons. The van der Waals surface area contributed by atoms with Crippen molar-refractivity contribution in [1.82, 2.24) is 0 Å². The molecule has 0 aromatic carbocycles. The van der Waals surface area contributed by atoms with Crippen LogP contribution in [0.4, 0.5) is 4.39 Å². The Balaban J connectivity index is 3.83. The molecule has 0 heterocycles. The van der Waals surface area contributed by atoms with Gasteiger partial charge in [0.1, 0.15) is 5.25 Å². The molecule has 4 heteroatoms.